The second-order valence-corrected chi connectivity index (χ2v) is 10.2. The third-order valence-electron chi connectivity index (χ3n) is 6.82. The summed E-state index contributed by atoms with van der Waals surface area (Å²) in [7, 11) is 0. The maximum atomic E-state index is 12.7. The standard InChI is InChI=1S/C24H28N8O2.C2HF3O2/c1-24(2,32-11-5-10-28-32)15-25-22-26-16-27-23(29-22)30-12-8-17(9-13-30)14-31-20(33)18-6-3-4-7-19(18)21(31)34;3-2(4,5)1(6)7/h3-7,10-11,16-17H,8-9,12-15H2,1-2H3,(H,25,26,27,29);(H,6,7). The van der Waals surface area contributed by atoms with Crippen LogP contribution >= 0.6 is 0 Å². The molecule has 218 valence electrons. The number of carbonyl (C=O) groups is 3. The number of amides is 2. The summed E-state index contributed by atoms with van der Waals surface area (Å²) in [6.45, 7) is 6.77. The molecule has 2 amide bonds. The summed E-state index contributed by atoms with van der Waals surface area (Å²) in [6.07, 6.45) is 1.85. The Bertz CT molecular complexity index is 1350. The molecule has 41 heavy (non-hydrogen) atoms. The molecular weight excluding hydrogens is 545 g/mol. The normalized spacial score (nSPS) is 15.8. The number of imide groups is 1. The molecule has 0 saturated carbocycles. The van der Waals surface area contributed by atoms with Gasteiger partial charge in [0.25, 0.3) is 11.8 Å². The lowest BCUT2D eigenvalue weighted by Crippen LogP contribution is -2.41. The summed E-state index contributed by atoms with van der Waals surface area (Å²) in [5, 5.41) is 14.7. The van der Waals surface area contributed by atoms with E-state index >= 15 is 0 Å². The number of hydrogen-bond donors (Lipinski definition) is 2. The molecule has 2 aromatic heterocycles. The van der Waals surface area contributed by atoms with Crippen molar-refractivity contribution in [2.75, 3.05) is 36.4 Å². The van der Waals surface area contributed by atoms with Gasteiger partial charge in [0.15, 0.2) is 0 Å². The molecule has 2 aliphatic rings. The second-order valence-electron chi connectivity index (χ2n) is 10.2. The van der Waals surface area contributed by atoms with E-state index in [1.807, 2.05) is 16.9 Å². The number of aromatic nitrogens is 5. The van der Waals surface area contributed by atoms with Crippen molar-refractivity contribution in [2.24, 2.45) is 5.92 Å². The Morgan fingerprint density at radius 3 is 2.20 bits per heavy atom. The minimum atomic E-state index is -5.08. The van der Waals surface area contributed by atoms with Crippen molar-refractivity contribution < 1.29 is 32.7 Å². The fourth-order valence-electron chi connectivity index (χ4n) is 4.51. The molecule has 2 N–H and O–H groups in total. The fraction of sp³-hybridized carbons (Fsp3) is 0.423. The van der Waals surface area contributed by atoms with Crippen molar-refractivity contribution in [2.45, 2.75) is 38.4 Å². The van der Waals surface area contributed by atoms with Gasteiger partial charge < -0.3 is 15.3 Å². The summed E-state index contributed by atoms with van der Waals surface area (Å²) >= 11 is 0. The van der Waals surface area contributed by atoms with E-state index in [4.69, 9.17) is 9.90 Å². The highest BCUT2D eigenvalue weighted by molar-refractivity contribution is 6.21. The van der Waals surface area contributed by atoms with E-state index < -0.39 is 12.1 Å². The van der Waals surface area contributed by atoms with Gasteiger partial charge in [0, 0.05) is 38.6 Å². The summed E-state index contributed by atoms with van der Waals surface area (Å²) in [4.78, 5) is 51.0. The van der Waals surface area contributed by atoms with Crippen molar-refractivity contribution >= 4 is 29.7 Å². The highest BCUT2D eigenvalue weighted by Gasteiger charge is 2.38. The van der Waals surface area contributed by atoms with E-state index in [1.165, 1.54) is 11.2 Å². The molecule has 0 bridgehead atoms. The first-order valence-electron chi connectivity index (χ1n) is 12.8. The van der Waals surface area contributed by atoms with Gasteiger partial charge >= 0.3 is 12.1 Å². The van der Waals surface area contributed by atoms with Gasteiger partial charge in [-0.15, -0.1) is 0 Å². The Hall–Kier alpha value is -4.56. The second kappa shape index (κ2) is 11.9. The molecule has 2 aliphatic heterocycles. The molecular formula is C26H29F3N8O4. The number of nitrogens with one attached hydrogen (secondary N) is 1. The highest BCUT2D eigenvalue weighted by atomic mass is 19.4. The molecule has 0 spiro atoms. The first kappa shape index (κ1) is 29.4. The maximum absolute atomic E-state index is 12.7. The number of nitrogens with zero attached hydrogens (tertiary/aromatic N) is 7. The number of hydrogen-bond acceptors (Lipinski definition) is 9. The van der Waals surface area contributed by atoms with Gasteiger partial charge in [0.1, 0.15) is 6.33 Å². The minimum absolute atomic E-state index is 0.186. The molecule has 0 unspecified atom stereocenters. The molecule has 0 radical (unpaired) electrons. The fourth-order valence-corrected chi connectivity index (χ4v) is 4.51. The zero-order chi connectivity index (χ0) is 29.8. The first-order valence-corrected chi connectivity index (χ1v) is 12.8. The Balaban J connectivity index is 0.000000493. The third kappa shape index (κ3) is 6.96. The summed E-state index contributed by atoms with van der Waals surface area (Å²) in [6, 6.07) is 8.94. The zero-order valence-electron chi connectivity index (χ0n) is 22.4. The van der Waals surface area contributed by atoms with E-state index in [2.05, 4.69) is 44.1 Å². The van der Waals surface area contributed by atoms with Crippen LogP contribution in [0.1, 0.15) is 47.4 Å². The number of rotatable bonds is 7. The quantitative estimate of drug-likeness (QED) is 0.404. The van der Waals surface area contributed by atoms with Crippen LogP contribution in [0, 0.1) is 5.92 Å². The average Bonchev–Trinajstić information content (AvgIpc) is 3.58. The maximum Gasteiger partial charge on any atom is 0.490 e. The number of carbonyl (C=O) groups excluding carboxylic acids is 2. The topological polar surface area (TPSA) is 146 Å². The van der Waals surface area contributed by atoms with Crippen LogP contribution in [0.25, 0.3) is 0 Å². The van der Waals surface area contributed by atoms with Gasteiger partial charge in [-0.3, -0.25) is 19.2 Å². The molecule has 12 nitrogen and oxygen atoms in total. The van der Waals surface area contributed by atoms with Gasteiger partial charge in [-0.05, 0) is 50.8 Å². The number of alkyl halides is 3. The van der Waals surface area contributed by atoms with E-state index in [9.17, 15) is 22.8 Å². The van der Waals surface area contributed by atoms with Crippen LogP contribution < -0.4 is 10.2 Å². The van der Waals surface area contributed by atoms with Crippen molar-refractivity contribution in [3.63, 3.8) is 0 Å². The van der Waals surface area contributed by atoms with Crippen molar-refractivity contribution in [3.05, 3.63) is 60.2 Å². The Labute approximate surface area is 233 Å². The number of fused-ring (bicyclic) bond motifs is 1. The Morgan fingerprint density at radius 1 is 1.05 bits per heavy atom. The van der Waals surface area contributed by atoms with Crippen LogP contribution in [-0.2, 0) is 10.3 Å². The zero-order valence-corrected chi connectivity index (χ0v) is 22.4. The molecule has 1 saturated heterocycles. The monoisotopic (exact) mass is 574 g/mol. The first-order chi connectivity index (χ1) is 19.4. The highest BCUT2D eigenvalue weighted by Crippen LogP contribution is 2.27. The van der Waals surface area contributed by atoms with Gasteiger partial charge in [0.05, 0.1) is 16.7 Å². The molecule has 4 heterocycles. The Kier molecular flexibility index (Phi) is 8.54. The number of piperidine rings is 1. The van der Waals surface area contributed by atoms with Gasteiger partial charge in [-0.1, -0.05) is 12.1 Å². The molecule has 15 heteroatoms. The van der Waals surface area contributed by atoms with Gasteiger partial charge in [0.2, 0.25) is 11.9 Å². The van der Waals surface area contributed by atoms with Crippen LogP contribution in [-0.4, -0.2) is 84.9 Å². The SMILES string of the molecule is CC(C)(CNc1ncnc(N2CCC(CN3C(=O)c4ccccc4C3=O)CC2)n1)n1cccn1.O=C(O)C(F)(F)F. The third-order valence-corrected chi connectivity index (χ3v) is 6.82. The number of aliphatic carboxylic acids is 1. The van der Waals surface area contributed by atoms with Crippen LogP contribution in [0.3, 0.4) is 0 Å². The molecule has 1 fully saturated rings. The largest absolute Gasteiger partial charge is 0.490 e. The lowest BCUT2D eigenvalue weighted by Gasteiger charge is -2.33. The molecule has 5 rings (SSSR count). The summed E-state index contributed by atoms with van der Waals surface area (Å²) in [5.41, 5.74) is 0.774. The number of benzene rings is 1. The molecule has 0 aliphatic carbocycles. The molecule has 0 atom stereocenters. The summed E-state index contributed by atoms with van der Waals surface area (Å²) < 4.78 is 33.6. The Morgan fingerprint density at radius 2 is 1.66 bits per heavy atom. The smallest absolute Gasteiger partial charge is 0.475 e. The van der Waals surface area contributed by atoms with E-state index in [0.29, 0.717) is 36.1 Å². The minimum Gasteiger partial charge on any atom is -0.475 e. The number of halogens is 3. The number of anilines is 2. The van der Waals surface area contributed by atoms with Crippen LogP contribution in [0.5, 0.6) is 0 Å². The van der Waals surface area contributed by atoms with E-state index in [1.54, 1.807) is 30.5 Å². The van der Waals surface area contributed by atoms with Crippen molar-refractivity contribution in [1.82, 2.24) is 29.6 Å². The van der Waals surface area contributed by atoms with Crippen LogP contribution in [0.2, 0.25) is 0 Å². The van der Waals surface area contributed by atoms with E-state index in [-0.39, 0.29) is 23.3 Å². The number of carboxylic acid groups (broad SMARTS) is 1. The van der Waals surface area contributed by atoms with Gasteiger partial charge in [-0.25, -0.2) is 14.8 Å². The van der Waals surface area contributed by atoms with Crippen molar-refractivity contribution in [3.8, 4) is 0 Å². The predicted octanol–water partition coefficient (Wildman–Crippen LogP) is 3.06. The van der Waals surface area contributed by atoms with Crippen molar-refractivity contribution in [1.29, 1.82) is 0 Å². The van der Waals surface area contributed by atoms with Crippen LogP contribution in [0.15, 0.2) is 49.1 Å². The van der Waals surface area contributed by atoms with Gasteiger partial charge in [-0.2, -0.15) is 23.3 Å². The summed E-state index contributed by atoms with van der Waals surface area (Å²) in [5.74, 6) is -1.71. The number of carboxylic acids is 1. The lowest BCUT2D eigenvalue weighted by atomic mass is 9.96. The average molecular weight is 575 g/mol. The molecule has 3 aromatic rings. The van der Waals surface area contributed by atoms with E-state index in [0.717, 1.165) is 25.9 Å². The molecule has 1 aromatic carbocycles. The lowest BCUT2D eigenvalue weighted by molar-refractivity contribution is -0.192. The predicted molar refractivity (Wildman–Crippen MR) is 140 cm³/mol. The van der Waals surface area contributed by atoms with Crippen LogP contribution in [0.4, 0.5) is 25.1 Å².